The maximum Gasteiger partial charge on any atom is 0.171 e. The minimum Gasteiger partial charge on any atom is -0.309 e. The van der Waals surface area contributed by atoms with E-state index < -0.39 is 7.14 Å². The highest BCUT2D eigenvalue weighted by Gasteiger charge is 2.31. The zero-order valence-corrected chi connectivity index (χ0v) is 16.1. The van der Waals surface area contributed by atoms with Crippen LogP contribution in [0.25, 0.3) is 21.7 Å². The van der Waals surface area contributed by atoms with Gasteiger partial charge in [0.2, 0.25) is 0 Å². The molecule has 134 valence electrons. The molecule has 0 unspecified atom stereocenters. The molecule has 4 aromatic carbocycles. The van der Waals surface area contributed by atoms with Crippen molar-refractivity contribution >= 4 is 44.7 Å². The molecule has 0 radical (unpaired) electrons. The van der Waals surface area contributed by atoms with Gasteiger partial charge in [-0.1, -0.05) is 97.1 Å². The van der Waals surface area contributed by atoms with Gasteiger partial charge in [-0.25, -0.2) is 0 Å². The van der Waals surface area contributed by atoms with Crippen LogP contribution in [0.4, 0.5) is 0 Å². The second kappa shape index (κ2) is 6.74. The van der Waals surface area contributed by atoms with E-state index in [1.165, 1.54) is 0 Å². The number of hydrogen-bond donors (Lipinski definition) is 0. The third-order valence-electron chi connectivity index (χ3n) is 5.17. The molecule has 0 aliphatic heterocycles. The zero-order valence-electron chi connectivity index (χ0n) is 15.2. The summed E-state index contributed by atoms with van der Waals surface area (Å²) in [7, 11) is -3.07. The van der Waals surface area contributed by atoms with Gasteiger partial charge in [0.1, 0.15) is 0 Å². The molecular weight excluding hydrogens is 361 g/mol. The van der Waals surface area contributed by atoms with E-state index in [0.29, 0.717) is 0 Å². The van der Waals surface area contributed by atoms with Crippen LogP contribution in [0.5, 0.6) is 0 Å². The van der Waals surface area contributed by atoms with E-state index in [1.807, 2.05) is 78.9 Å². The van der Waals surface area contributed by atoms with E-state index in [1.54, 1.807) is 6.20 Å². The van der Waals surface area contributed by atoms with E-state index in [2.05, 4.69) is 29.2 Å². The Bertz CT molecular complexity index is 1290. The average molecular weight is 379 g/mol. The quantitative estimate of drug-likeness (QED) is 0.325. The fourth-order valence-corrected chi connectivity index (χ4v) is 6.74. The molecule has 0 aliphatic rings. The number of rotatable bonds is 3. The van der Waals surface area contributed by atoms with Gasteiger partial charge in [0, 0.05) is 32.9 Å². The number of aromatic nitrogens is 1. The van der Waals surface area contributed by atoms with Crippen LogP contribution in [0.2, 0.25) is 0 Å². The molecule has 0 saturated heterocycles. The summed E-state index contributed by atoms with van der Waals surface area (Å²) in [5, 5.41) is 5.58. The molecule has 0 N–H and O–H groups in total. The molecule has 0 aliphatic carbocycles. The van der Waals surface area contributed by atoms with Gasteiger partial charge in [-0.05, 0) is 11.5 Å². The van der Waals surface area contributed by atoms with Gasteiger partial charge in [0.25, 0.3) is 0 Å². The first-order valence-electron chi connectivity index (χ1n) is 9.27. The second-order valence-corrected chi connectivity index (χ2v) is 9.53. The molecule has 0 amide bonds. The Morgan fingerprint density at radius 2 is 1.18 bits per heavy atom. The van der Waals surface area contributed by atoms with Crippen molar-refractivity contribution < 1.29 is 4.57 Å². The zero-order chi connectivity index (χ0) is 19.0. The third kappa shape index (κ3) is 2.58. The molecule has 1 aromatic heterocycles. The van der Waals surface area contributed by atoms with Gasteiger partial charge in [-0.15, -0.1) is 0 Å². The van der Waals surface area contributed by atoms with Crippen LogP contribution in [0.3, 0.4) is 0 Å². The Hall–Kier alpha value is -3.22. The van der Waals surface area contributed by atoms with Crippen molar-refractivity contribution in [3.63, 3.8) is 0 Å². The summed E-state index contributed by atoms with van der Waals surface area (Å²) in [6.45, 7) is 0. The maximum atomic E-state index is 14.8. The summed E-state index contributed by atoms with van der Waals surface area (Å²) in [4.78, 5) is 4.65. The van der Waals surface area contributed by atoms with E-state index in [0.717, 1.165) is 37.6 Å². The summed E-state index contributed by atoms with van der Waals surface area (Å²) in [6.07, 6.45) is 1.80. The molecule has 0 saturated carbocycles. The van der Waals surface area contributed by atoms with Gasteiger partial charge >= 0.3 is 0 Å². The van der Waals surface area contributed by atoms with E-state index in [-0.39, 0.29) is 0 Å². The highest BCUT2D eigenvalue weighted by molar-refractivity contribution is 7.85. The first kappa shape index (κ1) is 16.9. The molecule has 0 spiro atoms. The molecule has 2 nitrogen and oxygen atoms in total. The maximum absolute atomic E-state index is 14.8. The number of nitrogens with zero attached hydrogens (tertiary/aromatic N) is 1. The summed E-state index contributed by atoms with van der Waals surface area (Å²) in [5.41, 5.74) is 0.891. The lowest BCUT2D eigenvalue weighted by molar-refractivity contribution is 0.592. The molecule has 5 rings (SSSR count). The Kier molecular flexibility index (Phi) is 4.07. The average Bonchev–Trinajstić information content (AvgIpc) is 2.79. The van der Waals surface area contributed by atoms with Crippen molar-refractivity contribution in [1.82, 2.24) is 4.98 Å². The van der Waals surface area contributed by atoms with Crippen molar-refractivity contribution in [3.05, 3.63) is 109 Å². The molecule has 28 heavy (non-hydrogen) atoms. The molecular formula is C25H18NOP. The molecule has 0 bridgehead atoms. The van der Waals surface area contributed by atoms with Gasteiger partial charge in [-0.3, -0.25) is 4.98 Å². The fraction of sp³-hybridized carbons (Fsp3) is 0. The lowest BCUT2D eigenvalue weighted by Crippen LogP contribution is -2.25. The lowest BCUT2D eigenvalue weighted by Gasteiger charge is -2.22. The van der Waals surface area contributed by atoms with Gasteiger partial charge in [-0.2, -0.15) is 0 Å². The molecule has 0 fully saturated rings. The second-order valence-electron chi connectivity index (χ2n) is 6.80. The Balaban J connectivity index is 1.95. The van der Waals surface area contributed by atoms with Crippen LogP contribution < -0.4 is 15.9 Å². The standard InChI is InChI=1S/C25H18NOP/c27-28(21-11-3-1-4-12-21,22-13-5-2-6-14-22)23-15-7-9-19-16-17-20-10-8-18-26-25(20)24(19)23/h1-18H. The van der Waals surface area contributed by atoms with E-state index in [9.17, 15) is 4.57 Å². The summed E-state index contributed by atoms with van der Waals surface area (Å²) in [6, 6.07) is 33.8. The first-order valence-corrected chi connectivity index (χ1v) is 11.0. The van der Waals surface area contributed by atoms with Crippen molar-refractivity contribution in [2.45, 2.75) is 0 Å². The Labute approximate surface area is 163 Å². The Morgan fingerprint density at radius 3 is 1.86 bits per heavy atom. The number of hydrogen-bond acceptors (Lipinski definition) is 2. The van der Waals surface area contributed by atoms with Crippen molar-refractivity contribution in [1.29, 1.82) is 0 Å². The smallest absolute Gasteiger partial charge is 0.171 e. The lowest BCUT2D eigenvalue weighted by atomic mass is 10.1. The van der Waals surface area contributed by atoms with Gasteiger partial charge in [0.05, 0.1) is 5.52 Å². The van der Waals surface area contributed by atoms with Crippen LogP contribution in [0, 0.1) is 0 Å². The van der Waals surface area contributed by atoms with Crippen LogP contribution in [0.15, 0.2) is 109 Å². The van der Waals surface area contributed by atoms with Crippen molar-refractivity contribution in [3.8, 4) is 0 Å². The summed E-state index contributed by atoms with van der Waals surface area (Å²) < 4.78 is 14.8. The van der Waals surface area contributed by atoms with Crippen LogP contribution >= 0.6 is 7.14 Å². The Morgan fingerprint density at radius 1 is 0.571 bits per heavy atom. The number of benzene rings is 4. The molecule has 3 heteroatoms. The van der Waals surface area contributed by atoms with Crippen LogP contribution in [0.1, 0.15) is 0 Å². The summed E-state index contributed by atoms with van der Waals surface area (Å²) in [5.74, 6) is 0. The molecule has 0 atom stereocenters. The van der Waals surface area contributed by atoms with Crippen LogP contribution in [-0.4, -0.2) is 4.98 Å². The van der Waals surface area contributed by atoms with E-state index in [4.69, 9.17) is 0 Å². The number of pyridine rings is 1. The fourth-order valence-electron chi connectivity index (χ4n) is 3.86. The largest absolute Gasteiger partial charge is 0.309 e. The minimum atomic E-state index is -3.07. The molecule has 1 heterocycles. The van der Waals surface area contributed by atoms with Crippen molar-refractivity contribution in [2.75, 3.05) is 0 Å². The highest BCUT2D eigenvalue weighted by Crippen LogP contribution is 2.45. The van der Waals surface area contributed by atoms with Crippen molar-refractivity contribution in [2.24, 2.45) is 0 Å². The predicted molar refractivity (Wildman–Crippen MR) is 119 cm³/mol. The minimum absolute atomic E-state index is 0.835. The topological polar surface area (TPSA) is 30.0 Å². The van der Waals surface area contributed by atoms with Gasteiger partial charge < -0.3 is 4.57 Å². The molecule has 5 aromatic rings. The van der Waals surface area contributed by atoms with Gasteiger partial charge in [0.15, 0.2) is 7.14 Å². The SMILES string of the molecule is O=P(c1ccccc1)(c1ccccc1)c1cccc2ccc3cccnc3c12. The summed E-state index contributed by atoms with van der Waals surface area (Å²) >= 11 is 0. The first-order chi connectivity index (χ1) is 13.8. The normalized spacial score (nSPS) is 11.7. The number of fused-ring (bicyclic) bond motifs is 3. The third-order valence-corrected chi connectivity index (χ3v) is 8.27. The monoisotopic (exact) mass is 379 g/mol. The highest BCUT2D eigenvalue weighted by atomic mass is 31.2. The van der Waals surface area contributed by atoms with Crippen LogP contribution in [-0.2, 0) is 4.57 Å². The van der Waals surface area contributed by atoms with E-state index >= 15 is 0 Å². The predicted octanol–water partition coefficient (Wildman–Crippen LogP) is 5.03.